The molecule has 6 heteroatoms. The summed E-state index contributed by atoms with van der Waals surface area (Å²) in [4.78, 5) is 4.71. The molecule has 0 unspecified atom stereocenters. The van der Waals surface area contributed by atoms with Crippen LogP contribution in [0.5, 0.6) is 5.75 Å². The zero-order chi connectivity index (χ0) is 18.7. The van der Waals surface area contributed by atoms with E-state index >= 15 is 0 Å². The largest absolute Gasteiger partial charge is 0.491 e. The Balaban J connectivity index is 2.00. The van der Waals surface area contributed by atoms with Gasteiger partial charge in [0.15, 0.2) is 9.84 Å². The molecule has 0 saturated carbocycles. The van der Waals surface area contributed by atoms with Gasteiger partial charge >= 0.3 is 0 Å². The van der Waals surface area contributed by atoms with Crippen LogP contribution in [0.1, 0.15) is 11.1 Å². The molecule has 1 N–H and O–H groups in total. The molecular formula is C20H21NO4S. The maximum Gasteiger partial charge on any atom is 0.151 e. The Labute approximate surface area is 153 Å². The summed E-state index contributed by atoms with van der Waals surface area (Å²) < 4.78 is 28.5. The molecule has 136 valence electrons. The van der Waals surface area contributed by atoms with E-state index in [-0.39, 0.29) is 19.0 Å². The van der Waals surface area contributed by atoms with E-state index < -0.39 is 9.84 Å². The molecule has 3 rings (SSSR count). The Morgan fingerprint density at radius 3 is 2.65 bits per heavy atom. The number of hydrogen-bond acceptors (Lipinski definition) is 5. The van der Waals surface area contributed by atoms with Gasteiger partial charge < -0.3 is 9.84 Å². The third kappa shape index (κ3) is 4.39. The van der Waals surface area contributed by atoms with E-state index in [1.165, 1.54) is 6.26 Å². The molecule has 0 aliphatic heterocycles. The van der Waals surface area contributed by atoms with E-state index in [0.717, 1.165) is 33.3 Å². The zero-order valence-electron chi connectivity index (χ0n) is 14.8. The van der Waals surface area contributed by atoms with Crippen molar-refractivity contribution in [3.63, 3.8) is 0 Å². The molecule has 0 radical (unpaired) electrons. The highest BCUT2D eigenvalue weighted by molar-refractivity contribution is 7.89. The number of aliphatic hydroxyl groups is 1. The number of benzene rings is 2. The average Bonchev–Trinajstić information content (AvgIpc) is 2.59. The molecular weight excluding hydrogens is 350 g/mol. The Bertz CT molecular complexity index is 1040. The lowest BCUT2D eigenvalue weighted by molar-refractivity contribution is 0.201. The molecule has 3 aromatic rings. The van der Waals surface area contributed by atoms with E-state index in [4.69, 9.17) is 14.8 Å². The van der Waals surface area contributed by atoms with Crippen molar-refractivity contribution >= 4 is 20.7 Å². The maximum atomic E-state index is 11.5. The third-order valence-corrected chi connectivity index (χ3v) is 4.86. The van der Waals surface area contributed by atoms with Gasteiger partial charge in [0.05, 0.1) is 23.6 Å². The SMILES string of the molecule is Cc1cc(-c2cccc(OCCO)c2)nc2ccc(CS(C)(=O)=O)cc12. The van der Waals surface area contributed by atoms with Crippen molar-refractivity contribution in [1.82, 2.24) is 4.98 Å². The number of hydrogen-bond donors (Lipinski definition) is 1. The van der Waals surface area contributed by atoms with Crippen molar-refractivity contribution in [2.45, 2.75) is 12.7 Å². The van der Waals surface area contributed by atoms with E-state index in [9.17, 15) is 8.42 Å². The lowest BCUT2D eigenvalue weighted by Gasteiger charge is -2.10. The van der Waals surface area contributed by atoms with Gasteiger partial charge in [-0.15, -0.1) is 0 Å². The second-order valence-electron chi connectivity index (χ2n) is 6.35. The fraction of sp³-hybridized carbons (Fsp3) is 0.250. The normalized spacial score (nSPS) is 11.7. The van der Waals surface area contributed by atoms with Gasteiger partial charge in [0.2, 0.25) is 0 Å². The number of fused-ring (bicyclic) bond motifs is 1. The first-order valence-corrected chi connectivity index (χ1v) is 10.3. The standard InChI is InChI=1S/C20H21NO4S/c1-14-10-20(16-4-3-5-17(12-16)25-9-8-22)21-19-7-6-15(11-18(14)19)13-26(2,23)24/h3-7,10-12,22H,8-9,13H2,1-2H3. The quantitative estimate of drug-likeness (QED) is 0.720. The number of ether oxygens (including phenoxy) is 1. The molecule has 0 spiro atoms. The minimum Gasteiger partial charge on any atom is -0.491 e. The fourth-order valence-electron chi connectivity index (χ4n) is 2.89. The first kappa shape index (κ1) is 18.4. The smallest absolute Gasteiger partial charge is 0.151 e. The second kappa shape index (κ2) is 7.43. The topological polar surface area (TPSA) is 76.5 Å². The summed E-state index contributed by atoms with van der Waals surface area (Å²) in [7, 11) is -3.07. The molecule has 0 bridgehead atoms. The van der Waals surface area contributed by atoms with Gasteiger partial charge in [-0.25, -0.2) is 13.4 Å². The molecule has 0 fully saturated rings. The number of sulfone groups is 1. The van der Waals surface area contributed by atoms with Gasteiger partial charge in [0, 0.05) is 17.2 Å². The van der Waals surface area contributed by atoms with E-state index in [2.05, 4.69) is 0 Å². The Hall–Kier alpha value is -2.44. The lowest BCUT2D eigenvalue weighted by Crippen LogP contribution is -2.01. The predicted molar refractivity (Wildman–Crippen MR) is 103 cm³/mol. The molecule has 0 aliphatic carbocycles. The fourth-order valence-corrected chi connectivity index (χ4v) is 3.68. The first-order chi connectivity index (χ1) is 12.4. The van der Waals surface area contributed by atoms with Crippen molar-refractivity contribution in [2.75, 3.05) is 19.5 Å². The minimum absolute atomic E-state index is 0.0222. The van der Waals surface area contributed by atoms with Crippen LogP contribution in [0.15, 0.2) is 48.5 Å². The number of aromatic nitrogens is 1. The van der Waals surface area contributed by atoms with Crippen LogP contribution >= 0.6 is 0 Å². The highest BCUT2D eigenvalue weighted by Gasteiger charge is 2.09. The molecule has 0 aliphatic rings. The summed E-state index contributed by atoms with van der Waals surface area (Å²) in [6.45, 7) is 2.20. The van der Waals surface area contributed by atoms with Crippen LogP contribution in [0, 0.1) is 6.92 Å². The van der Waals surface area contributed by atoms with Crippen LogP contribution in [-0.4, -0.2) is 38.0 Å². The number of aryl methyl sites for hydroxylation is 1. The highest BCUT2D eigenvalue weighted by atomic mass is 32.2. The van der Waals surface area contributed by atoms with Crippen molar-refractivity contribution in [3.05, 3.63) is 59.7 Å². The van der Waals surface area contributed by atoms with Crippen molar-refractivity contribution in [1.29, 1.82) is 0 Å². The lowest BCUT2D eigenvalue weighted by atomic mass is 10.0. The van der Waals surface area contributed by atoms with Crippen LogP contribution in [0.4, 0.5) is 0 Å². The van der Waals surface area contributed by atoms with E-state index in [1.54, 1.807) is 6.07 Å². The van der Waals surface area contributed by atoms with Gasteiger partial charge in [-0.2, -0.15) is 0 Å². The summed E-state index contributed by atoms with van der Waals surface area (Å²) >= 11 is 0. The van der Waals surface area contributed by atoms with Crippen molar-refractivity contribution in [2.24, 2.45) is 0 Å². The van der Waals surface area contributed by atoms with Crippen LogP contribution < -0.4 is 4.74 Å². The van der Waals surface area contributed by atoms with Crippen LogP contribution in [-0.2, 0) is 15.6 Å². The highest BCUT2D eigenvalue weighted by Crippen LogP contribution is 2.27. The van der Waals surface area contributed by atoms with Gasteiger partial charge in [-0.1, -0.05) is 18.2 Å². The minimum atomic E-state index is -3.07. The van der Waals surface area contributed by atoms with Crippen molar-refractivity contribution in [3.8, 4) is 17.0 Å². The summed E-state index contributed by atoms with van der Waals surface area (Å²) in [5.41, 5.74) is 4.35. The molecule has 0 atom stereocenters. The number of rotatable bonds is 6. The van der Waals surface area contributed by atoms with E-state index in [1.807, 2.05) is 49.4 Å². The predicted octanol–water partition coefficient (Wildman–Crippen LogP) is 3.13. The summed E-state index contributed by atoms with van der Waals surface area (Å²) in [6.07, 6.45) is 1.23. The Morgan fingerprint density at radius 1 is 1.12 bits per heavy atom. The van der Waals surface area contributed by atoms with E-state index in [0.29, 0.717) is 5.75 Å². The molecule has 26 heavy (non-hydrogen) atoms. The number of aliphatic hydroxyl groups excluding tert-OH is 1. The summed E-state index contributed by atoms with van der Waals surface area (Å²) in [5.74, 6) is 0.702. The Kier molecular flexibility index (Phi) is 5.25. The third-order valence-electron chi connectivity index (χ3n) is 4.00. The zero-order valence-corrected chi connectivity index (χ0v) is 15.6. The first-order valence-electron chi connectivity index (χ1n) is 8.28. The molecule has 0 amide bonds. The maximum absolute atomic E-state index is 11.5. The van der Waals surface area contributed by atoms with Crippen LogP contribution in [0.3, 0.4) is 0 Å². The molecule has 5 nitrogen and oxygen atoms in total. The number of pyridine rings is 1. The van der Waals surface area contributed by atoms with Crippen LogP contribution in [0.2, 0.25) is 0 Å². The van der Waals surface area contributed by atoms with Crippen molar-refractivity contribution < 1.29 is 18.3 Å². The van der Waals surface area contributed by atoms with Gasteiger partial charge in [-0.05, 0) is 48.4 Å². The summed E-state index contributed by atoms with van der Waals surface area (Å²) in [6, 6.07) is 15.1. The molecule has 2 aromatic carbocycles. The van der Waals surface area contributed by atoms with Gasteiger partial charge in [0.1, 0.15) is 12.4 Å². The molecule has 0 saturated heterocycles. The Morgan fingerprint density at radius 2 is 1.92 bits per heavy atom. The monoisotopic (exact) mass is 371 g/mol. The molecule has 1 heterocycles. The average molecular weight is 371 g/mol. The second-order valence-corrected chi connectivity index (χ2v) is 8.49. The number of nitrogens with zero attached hydrogens (tertiary/aromatic N) is 1. The van der Waals surface area contributed by atoms with Gasteiger partial charge in [-0.3, -0.25) is 0 Å². The molecule has 1 aromatic heterocycles. The van der Waals surface area contributed by atoms with Gasteiger partial charge in [0.25, 0.3) is 0 Å². The van der Waals surface area contributed by atoms with Crippen LogP contribution in [0.25, 0.3) is 22.2 Å². The summed E-state index contributed by atoms with van der Waals surface area (Å²) in [5, 5.41) is 9.83.